The topological polar surface area (TPSA) is 43.4 Å². The molecule has 26 heavy (non-hydrogen) atoms. The fourth-order valence-electron chi connectivity index (χ4n) is 3.61. The SMILES string of the molecule is O=C1OC(=O)C2(F)C3(F)C(C(F)(F)F)=C(C(F)(F)F)C(F)(C3(F)F)C12F. The highest BCUT2D eigenvalue weighted by Gasteiger charge is 3.10. The zero-order chi connectivity index (χ0) is 20.5. The second-order valence-electron chi connectivity index (χ2n) is 5.63. The van der Waals surface area contributed by atoms with Gasteiger partial charge in [-0.05, 0) is 0 Å². The number of esters is 2. The number of hydrogen-bond acceptors (Lipinski definition) is 3. The van der Waals surface area contributed by atoms with Crippen molar-refractivity contribution < 1.29 is 67.0 Å². The number of halogens is 12. The lowest BCUT2D eigenvalue weighted by Crippen LogP contribution is -2.67. The lowest BCUT2D eigenvalue weighted by molar-refractivity contribution is -0.205. The summed E-state index contributed by atoms with van der Waals surface area (Å²) in [6, 6.07) is 0. The molecule has 0 radical (unpaired) electrons. The van der Waals surface area contributed by atoms with Crippen molar-refractivity contribution in [1.29, 1.82) is 0 Å². The van der Waals surface area contributed by atoms with Crippen LogP contribution in [0.2, 0.25) is 0 Å². The molecule has 3 rings (SSSR count). The fraction of sp³-hybridized carbons (Fsp3) is 0.636. The van der Waals surface area contributed by atoms with E-state index >= 15 is 0 Å². The van der Waals surface area contributed by atoms with Crippen molar-refractivity contribution in [3.05, 3.63) is 11.1 Å². The average molecular weight is 408 g/mol. The highest BCUT2D eigenvalue weighted by atomic mass is 19.4. The molecular weight excluding hydrogens is 408 g/mol. The summed E-state index contributed by atoms with van der Waals surface area (Å²) >= 11 is 0. The van der Waals surface area contributed by atoms with Gasteiger partial charge in [-0.25, -0.2) is 27.2 Å². The van der Waals surface area contributed by atoms with Crippen LogP contribution in [0.15, 0.2) is 11.1 Å². The number of fused-ring (bicyclic) bond motifs is 5. The van der Waals surface area contributed by atoms with Crippen molar-refractivity contribution in [2.45, 2.75) is 41.0 Å². The van der Waals surface area contributed by atoms with Crippen LogP contribution in [-0.4, -0.2) is 52.9 Å². The van der Waals surface area contributed by atoms with Crippen LogP contribution in [-0.2, 0) is 14.3 Å². The number of hydrogen-bond donors (Lipinski definition) is 0. The van der Waals surface area contributed by atoms with Crippen LogP contribution in [0.25, 0.3) is 0 Å². The number of carbonyl (C=O) groups excluding carboxylic acids is 2. The summed E-state index contributed by atoms with van der Waals surface area (Å²) in [5.41, 5.74) is -33.6. The first-order valence-electron chi connectivity index (χ1n) is 6.08. The third-order valence-corrected chi connectivity index (χ3v) is 4.54. The molecule has 2 aliphatic carbocycles. The molecular formula is C11F12O3. The van der Waals surface area contributed by atoms with Gasteiger partial charge in [0.2, 0.25) is 0 Å². The molecule has 0 spiro atoms. The van der Waals surface area contributed by atoms with E-state index in [0.717, 1.165) is 0 Å². The zero-order valence-corrected chi connectivity index (χ0v) is 11.3. The first kappa shape index (κ1) is 18.8. The van der Waals surface area contributed by atoms with Crippen LogP contribution in [0.1, 0.15) is 0 Å². The Morgan fingerprint density at radius 1 is 0.577 bits per heavy atom. The minimum absolute atomic E-state index is 3.06. The van der Waals surface area contributed by atoms with Crippen molar-refractivity contribution >= 4 is 11.9 Å². The maximum atomic E-state index is 14.7. The molecule has 0 aromatic rings. The Morgan fingerprint density at radius 3 is 1.08 bits per heavy atom. The lowest BCUT2D eigenvalue weighted by Gasteiger charge is -2.38. The van der Waals surface area contributed by atoms with E-state index in [4.69, 9.17) is 0 Å². The second-order valence-corrected chi connectivity index (χ2v) is 5.63. The summed E-state index contributed by atoms with van der Waals surface area (Å²) in [7, 11) is 0. The second kappa shape index (κ2) is 3.98. The Morgan fingerprint density at radius 2 is 0.846 bits per heavy atom. The number of carbonyl (C=O) groups is 2. The highest BCUT2D eigenvalue weighted by molar-refractivity contribution is 6.11. The Hall–Kier alpha value is -1.96. The van der Waals surface area contributed by atoms with Gasteiger partial charge in [0, 0.05) is 0 Å². The van der Waals surface area contributed by atoms with Crippen LogP contribution in [0.4, 0.5) is 52.7 Å². The number of rotatable bonds is 0. The van der Waals surface area contributed by atoms with Gasteiger partial charge >= 0.3 is 30.2 Å². The quantitative estimate of drug-likeness (QED) is 0.268. The van der Waals surface area contributed by atoms with Crippen molar-refractivity contribution in [3.63, 3.8) is 0 Å². The molecule has 1 saturated carbocycles. The molecule has 15 heteroatoms. The predicted octanol–water partition coefficient (Wildman–Crippen LogP) is 2.99. The highest BCUT2D eigenvalue weighted by Crippen LogP contribution is 2.80. The molecule has 3 nitrogen and oxygen atoms in total. The summed E-state index contributed by atoms with van der Waals surface area (Å²) < 4.78 is 167. The maximum absolute atomic E-state index is 14.7. The molecule has 1 saturated heterocycles. The van der Waals surface area contributed by atoms with Gasteiger partial charge < -0.3 is 4.74 Å². The number of alkyl halides is 12. The van der Waals surface area contributed by atoms with Crippen molar-refractivity contribution in [1.82, 2.24) is 0 Å². The monoisotopic (exact) mass is 408 g/mol. The van der Waals surface area contributed by atoms with Crippen molar-refractivity contribution in [2.24, 2.45) is 0 Å². The zero-order valence-electron chi connectivity index (χ0n) is 11.3. The molecule has 1 aliphatic heterocycles. The number of allylic oxidation sites excluding steroid dienone is 2. The lowest BCUT2D eigenvalue weighted by atomic mass is 9.69. The number of cyclic esters (lactones) is 2. The van der Waals surface area contributed by atoms with E-state index in [0.29, 0.717) is 0 Å². The van der Waals surface area contributed by atoms with Gasteiger partial charge in [-0.2, -0.15) is 35.1 Å². The summed E-state index contributed by atoms with van der Waals surface area (Å²) in [6.07, 6.45) is -13.7. The molecule has 0 N–H and O–H groups in total. The van der Waals surface area contributed by atoms with Gasteiger partial charge in [0.15, 0.2) is 0 Å². The average Bonchev–Trinajstić information content (AvgIpc) is 2.74. The molecule has 4 unspecified atom stereocenters. The molecule has 4 atom stereocenters. The standard InChI is InChI=1S/C11F12O3/c12-5-1(9(16,17)18)2(10(19,20)21)6(13,11(5,22)23)8(15)4(25)26-3(24)7(5,8)14. The van der Waals surface area contributed by atoms with E-state index in [-0.39, 0.29) is 0 Å². The molecule has 0 aromatic carbocycles. The molecule has 2 bridgehead atoms. The minimum atomic E-state index is -6.83. The van der Waals surface area contributed by atoms with Crippen LogP contribution in [0.3, 0.4) is 0 Å². The van der Waals surface area contributed by atoms with Crippen LogP contribution >= 0.6 is 0 Å². The van der Waals surface area contributed by atoms with Gasteiger partial charge in [-0.15, -0.1) is 0 Å². The molecule has 0 amide bonds. The van der Waals surface area contributed by atoms with E-state index in [2.05, 4.69) is 4.74 Å². The third-order valence-electron chi connectivity index (χ3n) is 4.54. The summed E-state index contributed by atoms with van der Waals surface area (Å²) in [6.45, 7) is 0. The van der Waals surface area contributed by atoms with Gasteiger partial charge in [0.1, 0.15) is 0 Å². The van der Waals surface area contributed by atoms with Gasteiger partial charge in [0.25, 0.3) is 22.7 Å². The van der Waals surface area contributed by atoms with Crippen LogP contribution in [0, 0.1) is 0 Å². The first-order chi connectivity index (χ1) is 11.3. The Kier molecular flexibility index (Phi) is 2.88. The molecule has 1 heterocycles. The normalized spacial score (nSPS) is 44.6. The summed E-state index contributed by atoms with van der Waals surface area (Å²) in [5.74, 6) is -13.5. The van der Waals surface area contributed by atoms with E-state index < -0.39 is 64.0 Å². The van der Waals surface area contributed by atoms with Gasteiger partial charge in [-0.1, -0.05) is 0 Å². The van der Waals surface area contributed by atoms with Crippen LogP contribution < -0.4 is 0 Å². The third kappa shape index (κ3) is 1.29. The van der Waals surface area contributed by atoms with E-state index in [1.165, 1.54) is 0 Å². The van der Waals surface area contributed by atoms with Gasteiger partial charge in [-0.3, -0.25) is 0 Å². The molecule has 146 valence electrons. The van der Waals surface area contributed by atoms with E-state index in [1.807, 2.05) is 0 Å². The largest absolute Gasteiger partial charge is 0.416 e. The molecule has 0 aromatic heterocycles. The maximum Gasteiger partial charge on any atom is 0.416 e. The fourth-order valence-corrected chi connectivity index (χ4v) is 3.61. The molecule has 2 fully saturated rings. The van der Waals surface area contributed by atoms with Crippen LogP contribution in [0.5, 0.6) is 0 Å². The van der Waals surface area contributed by atoms with E-state index in [1.54, 1.807) is 0 Å². The summed E-state index contributed by atoms with van der Waals surface area (Å²) in [4.78, 5) is 22.4. The summed E-state index contributed by atoms with van der Waals surface area (Å²) in [5, 5.41) is 0. The Bertz CT molecular complexity index is 733. The first-order valence-corrected chi connectivity index (χ1v) is 6.08. The van der Waals surface area contributed by atoms with Crippen molar-refractivity contribution in [2.75, 3.05) is 0 Å². The smallest absolute Gasteiger partial charge is 0.388 e. The Balaban J connectivity index is 2.63. The van der Waals surface area contributed by atoms with E-state index in [9.17, 15) is 62.3 Å². The van der Waals surface area contributed by atoms with Crippen molar-refractivity contribution in [3.8, 4) is 0 Å². The molecule has 3 aliphatic rings. The predicted molar refractivity (Wildman–Crippen MR) is 50.5 cm³/mol. The minimum Gasteiger partial charge on any atom is -0.388 e. The van der Waals surface area contributed by atoms with Gasteiger partial charge in [0.05, 0.1) is 11.1 Å². The number of ether oxygens (including phenoxy) is 1. The Labute approximate surface area is 132 Å².